The molecule has 156 valence electrons. The molecule has 0 radical (unpaired) electrons. The molecular weight excluding hydrogens is 354 g/mol. The molecule has 3 fully saturated rings. The van der Waals surface area contributed by atoms with Crippen LogP contribution in [0.25, 0.3) is 0 Å². The molecule has 3 saturated carbocycles. The third-order valence-electron chi connectivity index (χ3n) is 5.83. The number of aliphatic imine (C=N–C) groups is 2. The molecule has 2 bridgehead atoms. The van der Waals surface area contributed by atoms with Crippen molar-refractivity contribution in [2.45, 2.75) is 102 Å². The fraction of sp³-hybridized carbons (Fsp3) is 0.762. The van der Waals surface area contributed by atoms with Crippen molar-refractivity contribution in [3.05, 3.63) is 11.8 Å². The van der Waals surface area contributed by atoms with E-state index in [-0.39, 0.29) is 23.3 Å². The van der Waals surface area contributed by atoms with Crippen LogP contribution in [0.1, 0.15) is 79.6 Å². The molecule has 1 atom stereocenters. The maximum absolute atomic E-state index is 12.3. The summed E-state index contributed by atoms with van der Waals surface area (Å²) in [6, 6.07) is 0. The summed E-state index contributed by atoms with van der Waals surface area (Å²) in [5, 5.41) is 10.1. The van der Waals surface area contributed by atoms with Crippen LogP contribution in [0.5, 0.6) is 0 Å². The Morgan fingerprint density at radius 3 is 2.21 bits per heavy atom. The quantitative estimate of drug-likeness (QED) is 0.506. The van der Waals surface area contributed by atoms with Crippen molar-refractivity contribution in [2.75, 3.05) is 0 Å². The monoisotopic (exact) mass is 389 g/mol. The Labute approximate surface area is 168 Å². The van der Waals surface area contributed by atoms with Gasteiger partial charge in [0.2, 0.25) is 5.96 Å². The van der Waals surface area contributed by atoms with Crippen LogP contribution in [0.3, 0.4) is 0 Å². The van der Waals surface area contributed by atoms with Crippen molar-refractivity contribution >= 4 is 18.3 Å². The fourth-order valence-corrected chi connectivity index (χ4v) is 4.26. The molecule has 1 heterocycles. The first-order valence-electron chi connectivity index (χ1n) is 10.5. The van der Waals surface area contributed by atoms with Crippen LogP contribution in [0.15, 0.2) is 21.8 Å². The predicted molar refractivity (Wildman–Crippen MR) is 113 cm³/mol. The number of nitrogens with zero attached hydrogens (tertiary/aromatic N) is 2. The van der Waals surface area contributed by atoms with E-state index >= 15 is 0 Å². The molecule has 4 aliphatic rings. The first-order valence-corrected chi connectivity index (χ1v) is 10.5. The van der Waals surface area contributed by atoms with Gasteiger partial charge in [-0.15, -0.1) is 0 Å². The number of allylic oxidation sites excluding steroid dienone is 1. The zero-order valence-corrected chi connectivity index (χ0v) is 17.9. The Morgan fingerprint density at radius 2 is 1.75 bits per heavy atom. The highest BCUT2D eigenvalue weighted by atomic mass is 16.6. The van der Waals surface area contributed by atoms with Crippen molar-refractivity contribution in [1.82, 2.24) is 16.0 Å². The van der Waals surface area contributed by atoms with Gasteiger partial charge in [0.1, 0.15) is 11.8 Å². The molecule has 28 heavy (non-hydrogen) atoms. The summed E-state index contributed by atoms with van der Waals surface area (Å²) in [5.41, 5.74) is 0.564. The minimum absolute atomic E-state index is 0.00742. The third-order valence-corrected chi connectivity index (χ3v) is 5.83. The number of fused-ring (bicyclic) bond motifs is 3. The average Bonchev–Trinajstić information content (AvgIpc) is 2.58. The minimum atomic E-state index is -0.472. The Bertz CT molecular complexity index is 665. The van der Waals surface area contributed by atoms with Crippen LogP contribution in [-0.2, 0) is 4.74 Å². The van der Waals surface area contributed by atoms with Gasteiger partial charge < -0.3 is 20.7 Å². The van der Waals surface area contributed by atoms with Crippen LogP contribution in [0.2, 0.25) is 0 Å². The normalized spacial score (nSPS) is 32.4. The second-order valence-corrected chi connectivity index (χ2v) is 9.42. The number of hydrogen-bond donors (Lipinski definition) is 3. The van der Waals surface area contributed by atoms with Crippen LogP contribution in [0, 0.1) is 0 Å². The van der Waals surface area contributed by atoms with Gasteiger partial charge >= 0.3 is 6.09 Å². The van der Waals surface area contributed by atoms with E-state index in [4.69, 9.17) is 9.73 Å². The number of amides is 1. The molecule has 1 aliphatic heterocycles. The first-order chi connectivity index (χ1) is 13.1. The highest BCUT2D eigenvalue weighted by Gasteiger charge is 2.50. The second kappa shape index (κ2) is 7.76. The summed E-state index contributed by atoms with van der Waals surface area (Å²) in [4.78, 5) is 21.5. The van der Waals surface area contributed by atoms with Gasteiger partial charge in [0.05, 0.1) is 0 Å². The number of rotatable bonds is 4. The summed E-state index contributed by atoms with van der Waals surface area (Å²) in [5.74, 6) is 0.706. The van der Waals surface area contributed by atoms with Gasteiger partial charge in [-0.05, 0) is 78.7 Å². The van der Waals surface area contributed by atoms with Crippen molar-refractivity contribution in [1.29, 1.82) is 0 Å². The lowest BCUT2D eigenvalue weighted by Gasteiger charge is -2.53. The summed E-state index contributed by atoms with van der Waals surface area (Å²) < 4.78 is 5.47. The summed E-state index contributed by atoms with van der Waals surface area (Å²) in [6.45, 7) is 9.79. The standard InChI is InChI=1S/C21H35N5O2/c1-6-13-22-17(24-16-14-15(2)23-16)25-20-7-10-21(11-8-20,12-9-20)26-18(27)28-19(3,4)5/h13-14,16,23H,6-12H2,1-5H3,(H,24,25)(H,26,27)/b22-13-. The minimum Gasteiger partial charge on any atom is -0.444 e. The predicted octanol–water partition coefficient (Wildman–Crippen LogP) is 3.62. The number of carbonyl (C=O) groups is 1. The van der Waals surface area contributed by atoms with E-state index < -0.39 is 5.60 Å². The molecule has 7 nitrogen and oxygen atoms in total. The Morgan fingerprint density at radius 1 is 1.21 bits per heavy atom. The van der Waals surface area contributed by atoms with Gasteiger partial charge in [0.25, 0.3) is 0 Å². The second-order valence-electron chi connectivity index (χ2n) is 9.42. The Hall–Kier alpha value is -2.05. The van der Waals surface area contributed by atoms with E-state index in [0.717, 1.165) is 50.6 Å². The fourth-order valence-electron chi connectivity index (χ4n) is 4.26. The SMILES string of the molecule is CC/C=N\C(=N/C1C=C(C)N1)NC12CCC(NC(=O)OC(C)(C)C)(CC1)CC2. The molecular formula is C21H35N5O2. The smallest absolute Gasteiger partial charge is 0.408 e. The van der Waals surface area contributed by atoms with Crippen LogP contribution < -0.4 is 16.0 Å². The molecule has 0 aromatic carbocycles. The number of carbonyl (C=O) groups excluding carboxylic acids is 1. The Balaban J connectivity index is 1.62. The molecule has 3 aliphatic carbocycles. The van der Waals surface area contributed by atoms with E-state index in [1.807, 2.05) is 33.9 Å². The van der Waals surface area contributed by atoms with E-state index in [9.17, 15) is 4.79 Å². The number of guanidine groups is 1. The summed E-state index contributed by atoms with van der Waals surface area (Å²) >= 11 is 0. The molecule has 0 aromatic heterocycles. The highest BCUT2D eigenvalue weighted by Crippen LogP contribution is 2.47. The first kappa shape index (κ1) is 20.7. The molecule has 4 rings (SSSR count). The van der Waals surface area contributed by atoms with E-state index in [1.165, 1.54) is 0 Å². The molecule has 7 heteroatoms. The zero-order valence-electron chi connectivity index (χ0n) is 17.9. The largest absolute Gasteiger partial charge is 0.444 e. The highest BCUT2D eigenvalue weighted by molar-refractivity contribution is 5.88. The number of hydrogen-bond acceptors (Lipinski definition) is 4. The molecule has 1 amide bonds. The van der Waals surface area contributed by atoms with Crippen molar-refractivity contribution in [3.8, 4) is 0 Å². The van der Waals surface area contributed by atoms with Crippen molar-refractivity contribution < 1.29 is 9.53 Å². The van der Waals surface area contributed by atoms with E-state index in [0.29, 0.717) is 5.96 Å². The number of ether oxygens (including phenoxy) is 1. The number of nitrogens with one attached hydrogen (secondary N) is 3. The molecule has 3 N–H and O–H groups in total. The molecule has 0 aromatic rings. The van der Waals surface area contributed by atoms with Gasteiger partial charge in [-0.25, -0.2) is 14.8 Å². The summed E-state index contributed by atoms with van der Waals surface area (Å²) in [6.07, 6.45) is 10.4. The topological polar surface area (TPSA) is 87.1 Å². The van der Waals surface area contributed by atoms with Gasteiger partial charge in [0, 0.05) is 23.0 Å². The van der Waals surface area contributed by atoms with Crippen LogP contribution in [-0.4, -0.2) is 41.1 Å². The lowest BCUT2D eigenvalue weighted by Crippen LogP contribution is -2.64. The third kappa shape index (κ3) is 5.06. The maximum atomic E-state index is 12.3. The van der Waals surface area contributed by atoms with Gasteiger partial charge in [0.15, 0.2) is 0 Å². The number of alkyl carbamates (subject to hydrolysis) is 1. The molecule has 0 spiro atoms. The lowest BCUT2D eigenvalue weighted by molar-refractivity contribution is 0.0241. The molecule has 0 saturated heterocycles. The maximum Gasteiger partial charge on any atom is 0.408 e. The van der Waals surface area contributed by atoms with Gasteiger partial charge in [-0.1, -0.05) is 6.92 Å². The zero-order chi connectivity index (χ0) is 20.4. The summed E-state index contributed by atoms with van der Waals surface area (Å²) in [7, 11) is 0. The van der Waals surface area contributed by atoms with Crippen molar-refractivity contribution in [3.63, 3.8) is 0 Å². The van der Waals surface area contributed by atoms with Gasteiger partial charge in [-0.2, -0.15) is 0 Å². The van der Waals surface area contributed by atoms with Crippen LogP contribution >= 0.6 is 0 Å². The van der Waals surface area contributed by atoms with E-state index in [2.05, 4.69) is 33.9 Å². The van der Waals surface area contributed by atoms with Gasteiger partial charge in [-0.3, -0.25) is 0 Å². The lowest BCUT2D eigenvalue weighted by atomic mass is 9.61. The van der Waals surface area contributed by atoms with Crippen LogP contribution in [0.4, 0.5) is 4.79 Å². The molecule has 1 unspecified atom stereocenters. The van der Waals surface area contributed by atoms with Crippen molar-refractivity contribution in [2.24, 2.45) is 9.98 Å². The Kier molecular flexibility index (Phi) is 5.73. The average molecular weight is 390 g/mol. The van der Waals surface area contributed by atoms with E-state index in [1.54, 1.807) is 0 Å².